The molecule has 0 spiro atoms. The van der Waals surface area contributed by atoms with E-state index in [0.717, 1.165) is 19.6 Å². The minimum absolute atomic E-state index is 0.177. The molecule has 0 aliphatic carbocycles. The van der Waals surface area contributed by atoms with Crippen LogP contribution < -0.4 is 5.32 Å². The van der Waals surface area contributed by atoms with Crippen LogP contribution in [0.1, 0.15) is 12.8 Å². The molecule has 5 nitrogen and oxygen atoms in total. The highest BCUT2D eigenvalue weighted by molar-refractivity contribution is 5.73. The van der Waals surface area contributed by atoms with E-state index in [1.165, 1.54) is 0 Å². The van der Waals surface area contributed by atoms with Crippen LogP contribution in [0.25, 0.3) is 0 Å². The SMILES string of the molecule is O=C(O)[C@@H]1CC(C2OCCCO2)CN1. The van der Waals surface area contributed by atoms with Crippen molar-refractivity contribution in [2.75, 3.05) is 19.8 Å². The summed E-state index contributed by atoms with van der Waals surface area (Å²) >= 11 is 0. The summed E-state index contributed by atoms with van der Waals surface area (Å²) in [7, 11) is 0. The van der Waals surface area contributed by atoms with Gasteiger partial charge in [0.2, 0.25) is 0 Å². The Balaban J connectivity index is 1.85. The van der Waals surface area contributed by atoms with Gasteiger partial charge in [-0.3, -0.25) is 4.79 Å². The fraction of sp³-hybridized carbons (Fsp3) is 0.889. The van der Waals surface area contributed by atoms with Gasteiger partial charge in [0.1, 0.15) is 6.04 Å². The van der Waals surface area contributed by atoms with E-state index >= 15 is 0 Å². The second-order valence-electron chi connectivity index (χ2n) is 3.76. The molecule has 0 amide bonds. The van der Waals surface area contributed by atoms with E-state index in [2.05, 4.69) is 5.32 Å². The summed E-state index contributed by atoms with van der Waals surface area (Å²) in [5.74, 6) is -0.611. The first-order valence-electron chi connectivity index (χ1n) is 4.97. The lowest BCUT2D eigenvalue weighted by molar-refractivity contribution is -0.201. The molecule has 0 radical (unpaired) electrons. The zero-order valence-electron chi connectivity index (χ0n) is 7.94. The van der Waals surface area contributed by atoms with Crippen LogP contribution in [0.5, 0.6) is 0 Å². The fourth-order valence-electron chi connectivity index (χ4n) is 1.94. The van der Waals surface area contributed by atoms with Gasteiger partial charge < -0.3 is 19.9 Å². The number of carboxylic acids is 1. The molecule has 2 aliphatic heterocycles. The molecule has 2 saturated heterocycles. The van der Waals surface area contributed by atoms with Gasteiger partial charge in [0.25, 0.3) is 0 Å². The maximum absolute atomic E-state index is 10.7. The molecule has 1 unspecified atom stereocenters. The molecule has 14 heavy (non-hydrogen) atoms. The van der Waals surface area contributed by atoms with Gasteiger partial charge >= 0.3 is 5.97 Å². The number of hydrogen-bond acceptors (Lipinski definition) is 4. The molecule has 2 N–H and O–H groups in total. The average Bonchev–Trinajstić information content (AvgIpc) is 2.68. The monoisotopic (exact) mass is 201 g/mol. The van der Waals surface area contributed by atoms with Gasteiger partial charge in [-0.15, -0.1) is 0 Å². The van der Waals surface area contributed by atoms with Gasteiger partial charge in [0, 0.05) is 12.5 Å². The standard InChI is InChI=1S/C9H15NO4/c11-8(12)7-4-6(5-10-7)9-13-2-1-3-14-9/h6-7,9-10H,1-5H2,(H,11,12)/t6?,7-/m0/s1. The normalized spacial score (nSPS) is 34.6. The van der Waals surface area contributed by atoms with Gasteiger partial charge in [-0.2, -0.15) is 0 Å². The number of hydrogen-bond donors (Lipinski definition) is 2. The zero-order valence-corrected chi connectivity index (χ0v) is 7.94. The maximum atomic E-state index is 10.7. The van der Waals surface area contributed by atoms with E-state index in [1.54, 1.807) is 0 Å². The zero-order chi connectivity index (χ0) is 9.97. The predicted octanol–water partition coefficient (Wildman–Crippen LogP) is -0.188. The van der Waals surface area contributed by atoms with Crippen LogP contribution in [-0.2, 0) is 14.3 Å². The van der Waals surface area contributed by atoms with Crippen LogP contribution in [0, 0.1) is 5.92 Å². The van der Waals surface area contributed by atoms with Gasteiger partial charge in [0.15, 0.2) is 6.29 Å². The van der Waals surface area contributed by atoms with Crippen LogP contribution in [-0.4, -0.2) is 43.2 Å². The number of nitrogens with one attached hydrogen (secondary N) is 1. The summed E-state index contributed by atoms with van der Waals surface area (Å²) in [6, 6.07) is -0.436. The summed E-state index contributed by atoms with van der Waals surface area (Å²) in [6.45, 7) is 2.11. The Kier molecular flexibility index (Phi) is 3.00. The topological polar surface area (TPSA) is 67.8 Å². The van der Waals surface area contributed by atoms with Crippen molar-refractivity contribution < 1.29 is 19.4 Å². The van der Waals surface area contributed by atoms with Crippen molar-refractivity contribution in [1.29, 1.82) is 0 Å². The number of carbonyl (C=O) groups is 1. The third-order valence-electron chi connectivity index (χ3n) is 2.70. The van der Waals surface area contributed by atoms with E-state index in [4.69, 9.17) is 14.6 Å². The molecule has 80 valence electrons. The van der Waals surface area contributed by atoms with Crippen molar-refractivity contribution in [1.82, 2.24) is 5.32 Å². The predicted molar refractivity (Wildman–Crippen MR) is 47.8 cm³/mol. The second-order valence-corrected chi connectivity index (χ2v) is 3.76. The van der Waals surface area contributed by atoms with E-state index in [9.17, 15) is 4.79 Å². The average molecular weight is 201 g/mol. The Morgan fingerprint density at radius 2 is 2.07 bits per heavy atom. The Morgan fingerprint density at radius 3 is 2.64 bits per heavy atom. The van der Waals surface area contributed by atoms with Gasteiger partial charge in [0.05, 0.1) is 13.2 Å². The molecule has 2 fully saturated rings. The van der Waals surface area contributed by atoms with E-state index < -0.39 is 12.0 Å². The smallest absolute Gasteiger partial charge is 0.320 e. The first-order valence-corrected chi connectivity index (χ1v) is 4.97. The van der Waals surface area contributed by atoms with Crippen molar-refractivity contribution in [3.05, 3.63) is 0 Å². The summed E-state index contributed by atoms with van der Waals surface area (Å²) in [6.07, 6.45) is 1.32. The van der Waals surface area contributed by atoms with E-state index in [1.807, 2.05) is 0 Å². The number of aliphatic carboxylic acids is 1. The third-order valence-corrected chi connectivity index (χ3v) is 2.70. The van der Waals surface area contributed by atoms with Crippen molar-refractivity contribution in [2.24, 2.45) is 5.92 Å². The summed E-state index contributed by atoms with van der Waals surface area (Å²) < 4.78 is 10.9. The fourth-order valence-corrected chi connectivity index (χ4v) is 1.94. The molecule has 2 rings (SSSR count). The lowest BCUT2D eigenvalue weighted by Crippen LogP contribution is -2.33. The van der Waals surface area contributed by atoms with Crippen molar-refractivity contribution >= 4 is 5.97 Å². The molecule has 0 aromatic heterocycles. The largest absolute Gasteiger partial charge is 0.480 e. The highest BCUT2D eigenvalue weighted by atomic mass is 16.7. The van der Waals surface area contributed by atoms with Crippen LogP contribution in [0.4, 0.5) is 0 Å². The minimum Gasteiger partial charge on any atom is -0.480 e. The Morgan fingerprint density at radius 1 is 1.36 bits per heavy atom. The van der Waals surface area contributed by atoms with Crippen LogP contribution in [0.2, 0.25) is 0 Å². The first-order chi connectivity index (χ1) is 6.77. The number of carboxylic acid groups (broad SMARTS) is 1. The van der Waals surface area contributed by atoms with Crippen molar-refractivity contribution in [3.8, 4) is 0 Å². The van der Waals surface area contributed by atoms with Crippen molar-refractivity contribution in [2.45, 2.75) is 25.2 Å². The maximum Gasteiger partial charge on any atom is 0.320 e. The first kappa shape index (κ1) is 9.89. The highest BCUT2D eigenvalue weighted by Crippen LogP contribution is 2.23. The number of ether oxygens (including phenoxy) is 2. The summed E-state index contributed by atoms with van der Waals surface area (Å²) in [4.78, 5) is 10.7. The Hall–Kier alpha value is -0.650. The minimum atomic E-state index is -0.789. The molecule has 5 heteroatoms. The lowest BCUT2D eigenvalue weighted by atomic mass is 10.0. The van der Waals surface area contributed by atoms with E-state index in [0.29, 0.717) is 13.0 Å². The highest BCUT2D eigenvalue weighted by Gasteiger charge is 2.35. The Labute approximate surface area is 82.4 Å². The molecular formula is C9H15NO4. The van der Waals surface area contributed by atoms with Gasteiger partial charge in [-0.1, -0.05) is 0 Å². The summed E-state index contributed by atoms with van der Waals surface area (Å²) in [5.41, 5.74) is 0. The molecular weight excluding hydrogens is 186 g/mol. The van der Waals surface area contributed by atoms with E-state index in [-0.39, 0.29) is 12.2 Å². The Bertz CT molecular complexity index is 215. The molecule has 0 saturated carbocycles. The van der Waals surface area contributed by atoms with Crippen LogP contribution >= 0.6 is 0 Å². The lowest BCUT2D eigenvalue weighted by Gasteiger charge is -2.27. The molecule has 0 bridgehead atoms. The second kappa shape index (κ2) is 4.25. The van der Waals surface area contributed by atoms with Gasteiger partial charge in [-0.25, -0.2) is 0 Å². The quantitative estimate of drug-likeness (QED) is 0.648. The number of rotatable bonds is 2. The molecule has 2 atom stereocenters. The third kappa shape index (κ3) is 2.05. The van der Waals surface area contributed by atoms with Crippen LogP contribution in [0.3, 0.4) is 0 Å². The molecule has 2 aliphatic rings. The molecule has 2 heterocycles. The molecule has 0 aromatic carbocycles. The van der Waals surface area contributed by atoms with Gasteiger partial charge in [-0.05, 0) is 12.8 Å². The van der Waals surface area contributed by atoms with Crippen LogP contribution in [0.15, 0.2) is 0 Å². The summed E-state index contributed by atoms with van der Waals surface area (Å²) in [5, 5.41) is 11.7. The molecule has 0 aromatic rings. The van der Waals surface area contributed by atoms with Crippen molar-refractivity contribution in [3.63, 3.8) is 0 Å².